The van der Waals surface area contributed by atoms with Crippen molar-refractivity contribution in [1.29, 1.82) is 5.26 Å². The molecule has 2 aromatic rings. The lowest BCUT2D eigenvalue weighted by molar-refractivity contribution is 0.459. The van der Waals surface area contributed by atoms with Gasteiger partial charge in [-0.2, -0.15) is 10.2 Å². The molecule has 0 aliphatic rings. The number of nitriles is 1. The summed E-state index contributed by atoms with van der Waals surface area (Å²) in [6, 6.07) is 8.91. The fourth-order valence-corrected chi connectivity index (χ4v) is 1.17. The quantitative estimate of drug-likeness (QED) is 0.819. The molecule has 78 valence electrons. The third-order valence-electron chi connectivity index (χ3n) is 1.85. The minimum Gasteiger partial charge on any atom is -0.436 e. The van der Waals surface area contributed by atoms with Crippen LogP contribution in [0.15, 0.2) is 36.7 Å². The van der Waals surface area contributed by atoms with Crippen LogP contribution < -0.4 is 10.5 Å². The zero-order valence-corrected chi connectivity index (χ0v) is 8.29. The summed E-state index contributed by atoms with van der Waals surface area (Å²) in [5.41, 5.74) is 5.90. The van der Waals surface area contributed by atoms with Crippen LogP contribution in [0.2, 0.25) is 0 Å². The van der Waals surface area contributed by atoms with Crippen molar-refractivity contribution in [2.24, 2.45) is 0 Å². The highest BCUT2D eigenvalue weighted by Crippen LogP contribution is 2.22. The summed E-state index contributed by atoms with van der Waals surface area (Å²) >= 11 is 0. The Morgan fingerprint density at radius 2 is 2.06 bits per heavy atom. The monoisotopic (exact) mass is 212 g/mol. The standard InChI is InChI=1S/C11H8N4O/c12-5-8-3-1-2-4-9(8)16-11-7-14-6-10(13)15-11/h1-4,6-7H,(H2,13,15). The van der Waals surface area contributed by atoms with Crippen LogP contribution in [0.25, 0.3) is 0 Å². The van der Waals surface area contributed by atoms with Crippen molar-refractivity contribution in [2.45, 2.75) is 0 Å². The molecular weight excluding hydrogens is 204 g/mol. The first-order valence-corrected chi connectivity index (χ1v) is 4.54. The summed E-state index contributed by atoms with van der Waals surface area (Å²) in [4.78, 5) is 7.77. The molecular formula is C11H8N4O. The Kier molecular flexibility index (Phi) is 2.65. The minimum atomic E-state index is 0.266. The van der Waals surface area contributed by atoms with Gasteiger partial charge in [0.05, 0.1) is 18.0 Å². The number of nitrogens with zero attached hydrogens (tertiary/aromatic N) is 3. The van der Waals surface area contributed by atoms with Crippen LogP contribution in [0.3, 0.4) is 0 Å². The van der Waals surface area contributed by atoms with E-state index in [0.29, 0.717) is 11.3 Å². The maximum Gasteiger partial charge on any atom is 0.239 e. The van der Waals surface area contributed by atoms with E-state index in [9.17, 15) is 0 Å². The van der Waals surface area contributed by atoms with E-state index >= 15 is 0 Å². The molecule has 0 atom stereocenters. The summed E-state index contributed by atoms with van der Waals surface area (Å²) < 4.78 is 5.41. The number of hydrogen-bond donors (Lipinski definition) is 1. The molecule has 0 spiro atoms. The van der Waals surface area contributed by atoms with Crippen molar-refractivity contribution in [2.75, 3.05) is 5.73 Å². The summed E-state index contributed by atoms with van der Waals surface area (Å²) in [7, 11) is 0. The molecule has 0 fully saturated rings. The maximum absolute atomic E-state index is 8.86. The number of anilines is 1. The number of benzene rings is 1. The van der Waals surface area contributed by atoms with Gasteiger partial charge in [0.15, 0.2) is 0 Å². The number of hydrogen-bond acceptors (Lipinski definition) is 5. The van der Waals surface area contributed by atoms with E-state index in [-0.39, 0.29) is 11.7 Å². The lowest BCUT2D eigenvalue weighted by Gasteiger charge is -2.05. The van der Waals surface area contributed by atoms with Crippen molar-refractivity contribution < 1.29 is 4.74 Å². The number of aromatic nitrogens is 2. The third-order valence-corrected chi connectivity index (χ3v) is 1.85. The van der Waals surface area contributed by atoms with Crippen molar-refractivity contribution in [3.63, 3.8) is 0 Å². The van der Waals surface area contributed by atoms with E-state index in [1.54, 1.807) is 24.3 Å². The second-order valence-electron chi connectivity index (χ2n) is 2.99. The van der Waals surface area contributed by atoms with Gasteiger partial charge >= 0.3 is 0 Å². The number of nitrogen functional groups attached to an aromatic ring is 1. The average Bonchev–Trinajstić information content (AvgIpc) is 2.30. The molecule has 16 heavy (non-hydrogen) atoms. The first kappa shape index (κ1) is 9.93. The average molecular weight is 212 g/mol. The van der Waals surface area contributed by atoms with Gasteiger partial charge in [0.1, 0.15) is 17.6 Å². The van der Waals surface area contributed by atoms with E-state index < -0.39 is 0 Å². The molecule has 5 heteroatoms. The number of nitrogens with two attached hydrogens (primary N) is 1. The molecule has 0 bridgehead atoms. The van der Waals surface area contributed by atoms with Crippen molar-refractivity contribution in [3.8, 4) is 17.7 Å². The molecule has 1 aromatic heterocycles. The molecule has 0 aliphatic carbocycles. The lowest BCUT2D eigenvalue weighted by Crippen LogP contribution is -1.95. The molecule has 0 radical (unpaired) electrons. The Bertz CT molecular complexity index is 548. The molecule has 1 aromatic carbocycles. The highest BCUT2D eigenvalue weighted by atomic mass is 16.5. The van der Waals surface area contributed by atoms with Crippen LogP contribution in [0.1, 0.15) is 5.56 Å². The third kappa shape index (κ3) is 2.07. The first-order valence-electron chi connectivity index (χ1n) is 4.54. The molecule has 0 aliphatic heterocycles. The predicted molar refractivity (Wildman–Crippen MR) is 57.7 cm³/mol. The first-order chi connectivity index (χ1) is 7.79. The van der Waals surface area contributed by atoms with Gasteiger partial charge in [-0.25, -0.2) is 0 Å². The Hall–Kier alpha value is -2.61. The number of rotatable bonds is 2. The normalized spacial score (nSPS) is 9.44. The SMILES string of the molecule is N#Cc1ccccc1Oc1cncc(N)n1. The largest absolute Gasteiger partial charge is 0.436 e. The number of ether oxygens (including phenoxy) is 1. The predicted octanol–water partition coefficient (Wildman–Crippen LogP) is 1.72. The Morgan fingerprint density at radius 3 is 2.81 bits per heavy atom. The fourth-order valence-electron chi connectivity index (χ4n) is 1.17. The van der Waals surface area contributed by atoms with E-state index in [1.807, 2.05) is 6.07 Å². The molecule has 2 rings (SSSR count). The second kappa shape index (κ2) is 4.28. The molecule has 2 N–H and O–H groups in total. The van der Waals surface area contributed by atoms with Gasteiger partial charge in [-0.15, -0.1) is 0 Å². The topological polar surface area (TPSA) is 84.8 Å². The Labute approximate surface area is 92.1 Å². The second-order valence-corrected chi connectivity index (χ2v) is 2.99. The van der Waals surface area contributed by atoms with Crippen LogP contribution >= 0.6 is 0 Å². The van der Waals surface area contributed by atoms with E-state index in [0.717, 1.165) is 0 Å². The highest BCUT2D eigenvalue weighted by molar-refractivity contribution is 5.44. The van der Waals surface area contributed by atoms with Crippen LogP contribution in [0.4, 0.5) is 5.82 Å². The molecule has 0 saturated carbocycles. The van der Waals surface area contributed by atoms with Crippen molar-refractivity contribution in [3.05, 3.63) is 42.2 Å². The highest BCUT2D eigenvalue weighted by Gasteiger charge is 2.04. The maximum atomic E-state index is 8.86. The van der Waals surface area contributed by atoms with E-state index in [4.69, 9.17) is 15.7 Å². The van der Waals surface area contributed by atoms with Crippen LogP contribution in [0.5, 0.6) is 11.6 Å². The van der Waals surface area contributed by atoms with Gasteiger partial charge in [0.2, 0.25) is 5.88 Å². The van der Waals surface area contributed by atoms with E-state index in [2.05, 4.69) is 9.97 Å². The number of para-hydroxylation sites is 1. The van der Waals surface area contributed by atoms with Gasteiger partial charge in [0.25, 0.3) is 0 Å². The van der Waals surface area contributed by atoms with E-state index in [1.165, 1.54) is 12.4 Å². The van der Waals surface area contributed by atoms with Gasteiger partial charge in [0, 0.05) is 0 Å². The fraction of sp³-hybridized carbons (Fsp3) is 0. The molecule has 1 heterocycles. The summed E-state index contributed by atoms with van der Waals surface area (Å²) in [5.74, 6) is 0.972. The molecule has 5 nitrogen and oxygen atoms in total. The summed E-state index contributed by atoms with van der Waals surface area (Å²) in [6.45, 7) is 0. The summed E-state index contributed by atoms with van der Waals surface area (Å²) in [6.07, 6.45) is 2.85. The van der Waals surface area contributed by atoms with Gasteiger partial charge in [-0.05, 0) is 12.1 Å². The summed E-state index contributed by atoms with van der Waals surface area (Å²) in [5, 5.41) is 8.86. The Morgan fingerprint density at radius 1 is 1.25 bits per heavy atom. The Balaban J connectivity index is 2.31. The van der Waals surface area contributed by atoms with Crippen LogP contribution in [-0.2, 0) is 0 Å². The zero-order valence-electron chi connectivity index (χ0n) is 8.29. The van der Waals surface area contributed by atoms with Crippen LogP contribution in [-0.4, -0.2) is 9.97 Å². The smallest absolute Gasteiger partial charge is 0.239 e. The van der Waals surface area contributed by atoms with Crippen LogP contribution in [0, 0.1) is 11.3 Å². The molecule has 0 amide bonds. The van der Waals surface area contributed by atoms with Gasteiger partial charge < -0.3 is 10.5 Å². The molecule has 0 saturated heterocycles. The van der Waals surface area contributed by atoms with Crippen molar-refractivity contribution in [1.82, 2.24) is 9.97 Å². The van der Waals surface area contributed by atoms with Gasteiger partial charge in [-0.3, -0.25) is 4.98 Å². The zero-order chi connectivity index (χ0) is 11.4. The minimum absolute atomic E-state index is 0.266. The van der Waals surface area contributed by atoms with Crippen molar-refractivity contribution >= 4 is 5.82 Å². The van der Waals surface area contributed by atoms with Gasteiger partial charge in [-0.1, -0.05) is 12.1 Å². The lowest BCUT2D eigenvalue weighted by atomic mass is 10.2. The molecule has 0 unspecified atom stereocenters.